The molecule has 0 fully saturated rings. The largest absolute Gasteiger partial charge is 0.507 e. The van der Waals surface area contributed by atoms with Crippen LogP contribution in [0.2, 0.25) is 0 Å². The van der Waals surface area contributed by atoms with E-state index in [-0.39, 0.29) is 22.6 Å². The van der Waals surface area contributed by atoms with E-state index in [0.29, 0.717) is 5.56 Å². The number of esters is 1. The summed E-state index contributed by atoms with van der Waals surface area (Å²) in [7, 11) is 1.24. The molecular weight excluding hydrogens is 184 g/mol. The Labute approximate surface area is 81.8 Å². The molecule has 0 aromatic heterocycles. The van der Waals surface area contributed by atoms with Crippen LogP contribution in [0.4, 0.5) is 0 Å². The van der Waals surface area contributed by atoms with Gasteiger partial charge in [0.1, 0.15) is 17.1 Å². The number of rotatable bonds is 1. The Hall–Kier alpha value is -1.71. The van der Waals surface area contributed by atoms with E-state index >= 15 is 0 Å². The molecule has 0 atom stereocenters. The standard InChI is InChI=1S/C10H12O4/c1-5-4-7(10(13)14-3)9(12)6(2)8(5)11/h4,11-12H,1-3H3. The summed E-state index contributed by atoms with van der Waals surface area (Å²) in [5.74, 6) is -0.858. The fourth-order valence-electron chi connectivity index (χ4n) is 1.23. The van der Waals surface area contributed by atoms with Crippen LogP contribution in [0.25, 0.3) is 0 Å². The quantitative estimate of drug-likeness (QED) is 0.668. The first-order valence-electron chi connectivity index (χ1n) is 4.09. The highest BCUT2D eigenvalue weighted by Crippen LogP contribution is 2.33. The first-order valence-corrected chi connectivity index (χ1v) is 4.09. The number of methoxy groups -OCH3 is 1. The second kappa shape index (κ2) is 3.57. The summed E-state index contributed by atoms with van der Waals surface area (Å²) < 4.78 is 4.49. The molecule has 76 valence electrons. The van der Waals surface area contributed by atoms with Crippen LogP contribution in [0.3, 0.4) is 0 Å². The maximum Gasteiger partial charge on any atom is 0.341 e. The number of hydrogen-bond donors (Lipinski definition) is 2. The van der Waals surface area contributed by atoms with Crippen molar-refractivity contribution < 1.29 is 19.7 Å². The van der Waals surface area contributed by atoms with Crippen LogP contribution in [0.15, 0.2) is 6.07 Å². The highest BCUT2D eigenvalue weighted by Gasteiger charge is 2.17. The molecule has 0 radical (unpaired) electrons. The van der Waals surface area contributed by atoms with Crippen LogP contribution in [0.5, 0.6) is 11.5 Å². The monoisotopic (exact) mass is 196 g/mol. The Morgan fingerprint density at radius 2 is 1.86 bits per heavy atom. The van der Waals surface area contributed by atoms with E-state index in [1.807, 2.05) is 0 Å². The number of phenols is 2. The highest BCUT2D eigenvalue weighted by atomic mass is 16.5. The number of hydrogen-bond acceptors (Lipinski definition) is 4. The number of benzene rings is 1. The van der Waals surface area contributed by atoms with Crippen LogP contribution in [-0.2, 0) is 4.74 Å². The van der Waals surface area contributed by atoms with Gasteiger partial charge < -0.3 is 14.9 Å². The molecule has 0 amide bonds. The topological polar surface area (TPSA) is 66.8 Å². The van der Waals surface area contributed by atoms with Gasteiger partial charge in [-0.25, -0.2) is 4.79 Å². The van der Waals surface area contributed by atoms with E-state index in [2.05, 4.69) is 4.74 Å². The van der Waals surface area contributed by atoms with Gasteiger partial charge in [-0.2, -0.15) is 0 Å². The van der Waals surface area contributed by atoms with E-state index in [9.17, 15) is 15.0 Å². The fourth-order valence-corrected chi connectivity index (χ4v) is 1.23. The highest BCUT2D eigenvalue weighted by molar-refractivity contribution is 5.93. The van der Waals surface area contributed by atoms with E-state index in [1.54, 1.807) is 6.92 Å². The Morgan fingerprint density at radius 1 is 1.29 bits per heavy atom. The molecule has 0 saturated carbocycles. The predicted molar refractivity (Wildman–Crippen MR) is 50.6 cm³/mol. The molecule has 0 saturated heterocycles. The molecule has 2 N–H and O–H groups in total. The Morgan fingerprint density at radius 3 is 2.36 bits per heavy atom. The third kappa shape index (κ3) is 1.51. The zero-order chi connectivity index (χ0) is 10.9. The lowest BCUT2D eigenvalue weighted by molar-refractivity contribution is 0.0597. The first-order chi connectivity index (χ1) is 6.49. The summed E-state index contributed by atoms with van der Waals surface area (Å²) in [5, 5.41) is 19.0. The maximum absolute atomic E-state index is 11.2. The van der Waals surface area contributed by atoms with E-state index in [1.165, 1.54) is 20.1 Å². The molecule has 0 aliphatic heterocycles. The third-order valence-corrected chi connectivity index (χ3v) is 2.11. The van der Waals surface area contributed by atoms with Gasteiger partial charge in [0, 0.05) is 5.56 Å². The lowest BCUT2D eigenvalue weighted by Crippen LogP contribution is -2.03. The summed E-state index contributed by atoms with van der Waals surface area (Å²) in [6.45, 7) is 3.18. The van der Waals surface area contributed by atoms with Gasteiger partial charge in [-0.3, -0.25) is 0 Å². The molecule has 0 spiro atoms. The Bertz CT molecular complexity index is 382. The van der Waals surface area contributed by atoms with Crippen LogP contribution in [-0.4, -0.2) is 23.3 Å². The Balaban J connectivity index is 3.40. The lowest BCUT2D eigenvalue weighted by Gasteiger charge is -2.09. The molecule has 0 aliphatic rings. The molecular formula is C10H12O4. The summed E-state index contributed by atoms with van der Waals surface area (Å²) in [6.07, 6.45) is 0. The zero-order valence-electron chi connectivity index (χ0n) is 8.29. The van der Waals surface area contributed by atoms with Gasteiger partial charge in [0.2, 0.25) is 0 Å². The number of ether oxygens (including phenoxy) is 1. The minimum absolute atomic E-state index is 0.00449. The number of aromatic hydroxyl groups is 2. The fraction of sp³-hybridized carbons (Fsp3) is 0.300. The van der Waals surface area contributed by atoms with Crippen LogP contribution in [0, 0.1) is 13.8 Å². The molecule has 0 heterocycles. The van der Waals surface area contributed by atoms with Crippen LogP contribution < -0.4 is 0 Å². The second-order valence-electron chi connectivity index (χ2n) is 3.05. The van der Waals surface area contributed by atoms with E-state index < -0.39 is 5.97 Å². The lowest BCUT2D eigenvalue weighted by atomic mass is 10.0. The van der Waals surface area contributed by atoms with Crippen molar-refractivity contribution in [2.24, 2.45) is 0 Å². The van der Waals surface area contributed by atoms with Crippen molar-refractivity contribution in [1.82, 2.24) is 0 Å². The molecule has 0 bridgehead atoms. The average Bonchev–Trinajstić information content (AvgIpc) is 2.19. The van der Waals surface area contributed by atoms with Crippen LogP contribution in [0.1, 0.15) is 21.5 Å². The number of carbonyl (C=O) groups is 1. The summed E-state index contributed by atoms with van der Waals surface area (Å²) in [4.78, 5) is 11.2. The average molecular weight is 196 g/mol. The molecule has 1 aromatic rings. The van der Waals surface area contributed by atoms with Gasteiger partial charge in [-0.05, 0) is 25.5 Å². The van der Waals surface area contributed by atoms with Crippen molar-refractivity contribution in [3.63, 3.8) is 0 Å². The van der Waals surface area contributed by atoms with Crippen molar-refractivity contribution in [2.75, 3.05) is 7.11 Å². The molecule has 4 nitrogen and oxygen atoms in total. The summed E-state index contributed by atoms with van der Waals surface area (Å²) in [6, 6.07) is 1.39. The number of aryl methyl sites for hydroxylation is 1. The number of carbonyl (C=O) groups excluding carboxylic acids is 1. The van der Waals surface area contributed by atoms with Crippen molar-refractivity contribution in [3.05, 3.63) is 22.8 Å². The van der Waals surface area contributed by atoms with Gasteiger partial charge in [0.15, 0.2) is 0 Å². The van der Waals surface area contributed by atoms with Crippen LogP contribution >= 0.6 is 0 Å². The van der Waals surface area contributed by atoms with Gasteiger partial charge in [-0.1, -0.05) is 0 Å². The van der Waals surface area contributed by atoms with Crippen molar-refractivity contribution in [2.45, 2.75) is 13.8 Å². The third-order valence-electron chi connectivity index (χ3n) is 2.11. The minimum atomic E-state index is -0.617. The Kier molecular flexibility index (Phi) is 2.65. The van der Waals surface area contributed by atoms with Crippen molar-refractivity contribution >= 4 is 5.97 Å². The summed E-state index contributed by atoms with van der Waals surface area (Å²) >= 11 is 0. The first kappa shape index (κ1) is 10.4. The zero-order valence-corrected chi connectivity index (χ0v) is 8.29. The molecule has 1 rings (SSSR count). The maximum atomic E-state index is 11.2. The van der Waals surface area contributed by atoms with E-state index in [0.717, 1.165) is 0 Å². The predicted octanol–water partition coefficient (Wildman–Crippen LogP) is 1.50. The van der Waals surface area contributed by atoms with Gasteiger partial charge >= 0.3 is 5.97 Å². The van der Waals surface area contributed by atoms with Crippen molar-refractivity contribution in [1.29, 1.82) is 0 Å². The molecule has 0 aliphatic carbocycles. The van der Waals surface area contributed by atoms with Gasteiger partial charge in [0.25, 0.3) is 0 Å². The normalized spacial score (nSPS) is 9.93. The number of phenolic OH excluding ortho intramolecular Hbond substituents is 2. The summed E-state index contributed by atoms with van der Waals surface area (Å²) in [5.41, 5.74) is 0.881. The van der Waals surface area contributed by atoms with Crippen molar-refractivity contribution in [3.8, 4) is 11.5 Å². The van der Waals surface area contributed by atoms with Gasteiger partial charge in [0.05, 0.1) is 7.11 Å². The minimum Gasteiger partial charge on any atom is -0.507 e. The molecule has 1 aromatic carbocycles. The second-order valence-corrected chi connectivity index (χ2v) is 3.05. The van der Waals surface area contributed by atoms with Gasteiger partial charge in [-0.15, -0.1) is 0 Å². The molecule has 14 heavy (non-hydrogen) atoms. The smallest absolute Gasteiger partial charge is 0.341 e. The SMILES string of the molecule is COC(=O)c1cc(C)c(O)c(C)c1O. The van der Waals surface area contributed by atoms with E-state index in [4.69, 9.17) is 0 Å². The molecule has 4 heteroatoms. The molecule has 0 unspecified atom stereocenters.